The van der Waals surface area contributed by atoms with Crippen LogP contribution in [0.5, 0.6) is 0 Å². The Bertz CT molecular complexity index is 1210. The third-order valence-corrected chi connectivity index (χ3v) is 12.5. The van der Waals surface area contributed by atoms with Crippen molar-refractivity contribution in [2.45, 2.75) is 297 Å². The SMILES string of the molecule is CC/C=C\C/C=C\C/C=C\C/C=C\CCCCCCCCC(=O)OCC(COC(=O)CCCCCCCCCCCCC)OC(=O)CCCCCCCCCCC/C=C\CCCCCCCC. The molecule has 0 aliphatic heterocycles. The first-order valence-corrected chi connectivity index (χ1v) is 28.8. The zero-order chi connectivity index (χ0) is 48.6. The van der Waals surface area contributed by atoms with Crippen LogP contribution in [0.2, 0.25) is 0 Å². The Morgan fingerprint density at radius 2 is 0.582 bits per heavy atom. The molecule has 0 aromatic carbocycles. The van der Waals surface area contributed by atoms with Crippen LogP contribution in [-0.2, 0) is 28.6 Å². The van der Waals surface area contributed by atoms with Gasteiger partial charge in [-0.1, -0.05) is 248 Å². The van der Waals surface area contributed by atoms with Gasteiger partial charge in [-0.2, -0.15) is 0 Å². The molecule has 6 heteroatoms. The summed E-state index contributed by atoms with van der Waals surface area (Å²) in [7, 11) is 0. The van der Waals surface area contributed by atoms with Gasteiger partial charge in [-0.15, -0.1) is 0 Å². The summed E-state index contributed by atoms with van der Waals surface area (Å²) in [5.74, 6) is -0.883. The van der Waals surface area contributed by atoms with Crippen LogP contribution in [0.3, 0.4) is 0 Å². The summed E-state index contributed by atoms with van der Waals surface area (Å²) >= 11 is 0. The van der Waals surface area contributed by atoms with Gasteiger partial charge in [0, 0.05) is 19.3 Å². The molecule has 67 heavy (non-hydrogen) atoms. The largest absolute Gasteiger partial charge is 0.462 e. The van der Waals surface area contributed by atoms with Gasteiger partial charge in [0.1, 0.15) is 13.2 Å². The predicted octanol–water partition coefficient (Wildman–Crippen LogP) is 19.2. The van der Waals surface area contributed by atoms with Crippen molar-refractivity contribution in [1.29, 1.82) is 0 Å². The van der Waals surface area contributed by atoms with E-state index in [0.29, 0.717) is 19.3 Å². The number of carbonyl (C=O) groups is 3. The summed E-state index contributed by atoms with van der Waals surface area (Å²) in [4.78, 5) is 38.1. The number of esters is 3. The molecule has 0 bridgehead atoms. The predicted molar refractivity (Wildman–Crippen MR) is 288 cm³/mol. The lowest BCUT2D eigenvalue weighted by Crippen LogP contribution is -2.30. The van der Waals surface area contributed by atoms with Gasteiger partial charge in [-0.05, 0) is 83.5 Å². The third-order valence-electron chi connectivity index (χ3n) is 12.5. The fourth-order valence-corrected chi connectivity index (χ4v) is 8.19. The Labute approximate surface area is 415 Å². The Kier molecular flexibility index (Phi) is 53.3. The Balaban J connectivity index is 4.34. The number of carbonyl (C=O) groups excluding carboxylic acids is 3. The summed E-state index contributed by atoms with van der Waals surface area (Å²) < 4.78 is 16.9. The number of allylic oxidation sites excluding steroid dienone is 10. The van der Waals surface area contributed by atoms with Gasteiger partial charge in [0.25, 0.3) is 0 Å². The number of ether oxygens (including phenoxy) is 3. The Morgan fingerprint density at radius 3 is 0.925 bits per heavy atom. The van der Waals surface area contributed by atoms with Crippen molar-refractivity contribution in [2.75, 3.05) is 13.2 Å². The first-order chi connectivity index (χ1) is 33.0. The summed E-state index contributed by atoms with van der Waals surface area (Å²) in [6.45, 7) is 6.53. The lowest BCUT2D eigenvalue weighted by Gasteiger charge is -2.18. The van der Waals surface area contributed by atoms with E-state index in [0.717, 1.165) is 89.9 Å². The molecule has 1 unspecified atom stereocenters. The molecular weight excluding hydrogens is 829 g/mol. The van der Waals surface area contributed by atoms with E-state index in [1.807, 2.05) is 0 Å². The van der Waals surface area contributed by atoms with E-state index in [2.05, 4.69) is 81.5 Å². The van der Waals surface area contributed by atoms with Crippen molar-refractivity contribution >= 4 is 17.9 Å². The molecule has 0 saturated heterocycles. The molecule has 0 aromatic rings. The minimum Gasteiger partial charge on any atom is -0.462 e. The van der Waals surface area contributed by atoms with Crippen LogP contribution < -0.4 is 0 Å². The molecule has 1 atom stereocenters. The van der Waals surface area contributed by atoms with E-state index in [1.165, 1.54) is 161 Å². The number of hydrogen-bond donors (Lipinski definition) is 0. The van der Waals surface area contributed by atoms with Gasteiger partial charge in [0.2, 0.25) is 0 Å². The van der Waals surface area contributed by atoms with Crippen LogP contribution in [0.25, 0.3) is 0 Å². The molecule has 0 rings (SSSR count). The van der Waals surface area contributed by atoms with Crippen LogP contribution in [-0.4, -0.2) is 37.2 Å². The normalized spacial score (nSPS) is 12.5. The summed E-state index contributed by atoms with van der Waals surface area (Å²) in [5, 5.41) is 0. The zero-order valence-electron chi connectivity index (χ0n) is 44.4. The standard InChI is InChI=1S/C61H108O6/c1-4-7-10-13-16-19-22-24-26-28-30-32-34-36-39-42-45-48-51-54-60(63)66-57-58(56-65-59(62)53-50-47-44-41-38-21-18-15-12-9-6-3)67-61(64)55-52-49-46-43-40-37-35-33-31-29-27-25-23-20-17-14-11-8-5-2/h7,10,16,19,24-27,30,32,58H,4-6,8-9,11-15,17-18,20-23,28-29,31,33-57H2,1-3H3/b10-7-,19-16-,26-24-,27-25-,32-30-. The molecule has 0 heterocycles. The van der Waals surface area contributed by atoms with Crippen LogP contribution in [0.1, 0.15) is 290 Å². The van der Waals surface area contributed by atoms with Crippen molar-refractivity contribution in [3.8, 4) is 0 Å². The molecule has 0 saturated carbocycles. The molecule has 388 valence electrons. The number of rotatable bonds is 52. The van der Waals surface area contributed by atoms with Crippen molar-refractivity contribution < 1.29 is 28.6 Å². The number of hydrogen-bond acceptors (Lipinski definition) is 6. The molecule has 6 nitrogen and oxygen atoms in total. The highest BCUT2D eigenvalue weighted by Crippen LogP contribution is 2.16. The molecule has 0 N–H and O–H groups in total. The smallest absolute Gasteiger partial charge is 0.306 e. The summed E-state index contributed by atoms with van der Waals surface area (Å²) in [6, 6.07) is 0. The molecule has 0 aliphatic rings. The van der Waals surface area contributed by atoms with E-state index in [4.69, 9.17) is 14.2 Å². The molecule has 0 aromatic heterocycles. The van der Waals surface area contributed by atoms with Gasteiger partial charge < -0.3 is 14.2 Å². The van der Waals surface area contributed by atoms with E-state index in [9.17, 15) is 14.4 Å². The number of unbranched alkanes of at least 4 members (excludes halogenated alkanes) is 31. The first kappa shape index (κ1) is 64.1. The quantitative estimate of drug-likeness (QED) is 0.0262. The fourth-order valence-electron chi connectivity index (χ4n) is 8.19. The average Bonchev–Trinajstić information content (AvgIpc) is 3.33. The van der Waals surface area contributed by atoms with Crippen molar-refractivity contribution in [2.24, 2.45) is 0 Å². The van der Waals surface area contributed by atoms with E-state index < -0.39 is 6.10 Å². The van der Waals surface area contributed by atoms with Gasteiger partial charge in [0.05, 0.1) is 0 Å². The zero-order valence-corrected chi connectivity index (χ0v) is 44.4. The lowest BCUT2D eigenvalue weighted by molar-refractivity contribution is -0.167. The second-order valence-corrected chi connectivity index (χ2v) is 19.2. The second-order valence-electron chi connectivity index (χ2n) is 19.2. The van der Waals surface area contributed by atoms with E-state index >= 15 is 0 Å². The van der Waals surface area contributed by atoms with Crippen LogP contribution >= 0.6 is 0 Å². The first-order valence-electron chi connectivity index (χ1n) is 28.8. The Morgan fingerprint density at radius 1 is 0.313 bits per heavy atom. The van der Waals surface area contributed by atoms with E-state index in [1.54, 1.807) is 0 Å². The van der Waals surface area contributed by atoms with Crippen molar-refractivity contribution in [3.63, 3.8) is 0 Å². The van der Waals surface area contributed by atoms with Gasteiger partial charge in [-0.25, -0.2) is 0 Å². The summed E-state index contributed by atoms with van der Waals surface area (Å²) in [5.41, 5.74) is 0. The minimum atomic E-state index is -0.779. The third kappa shape index (κ3) is 53.9. The fraction of sp³-hybridized carbons (Fsp3) is 0.787. The molecule has 0 spiro atoms. The molecule has 0 fully saturated rings. The minimum absolute atomic E-state index is 0.0771. The maximum Gasteiger partial charge on any atom is 0.306 e. The maximum absolute atomic E-state index is 12.9. The van der Waals surface area contributed by atoms with Gasteiger partial charge in [0.15, 0.2) is 6.10 Å². The van der Waals surface area contributed by atoms with E-state index in [-0.39, 0.29) is 31.1 Å². The van der Waals surface area contributed by atoms with Crippen molar-refractivity contribution in [3.05, 3.63) is 60.8 Å². The molecular formula is C61H108O6. The second kappa shape index (κ2) is 55.7. The lowest BCUT2D eigenvalue weighted by atomic mass is 10.1. The molecule has 0 aliphatic carbocycles. The Hall–Kier alpha value is -2.89. The highest BCUT2D eigenvalue weighted by atomic mass is 16.6. The van der Waals surface area contributed by atoms with Crippen LogP contribution in [0, 0.1) is 0 Å². The molecule has 0 radical (unpaired) electrons. The van der Waals surface area contributed by atoms with Gasteiger partial charge >= 0.3 is 17.9 Å². The van der Waals surface area contributed by atoms with Crippen LogP contribution in [0.15, 0.2) is 60.8 Å². The monoisotopic (exact) mass is 937 g/mol. The molecule has 0 amide bonds. The van der Waals surface area contributed by atoms with Crippen molar-refractivity contribution in [1.82, 2.24) is 0 Å². The maximum atomic E-state index is 12.9. The highest BCUT2D eigenvalue weighted by molar-refractivity contribution is 5.71. The van der Waals surface area contributed by atoms with Crippen LogP contribution in [0.4, 0.5) is 0 Å². The van der Waals surface area contributed by atoms with Gasteiger partial charge in [-0.3, -0.25) is 14.4 Å². The average molecular weight is 938 g/mol. The summed E-state index contributed by atoms with van der Waals surface area (Å²) in [6.07, 6.45) is 69.2. The highest BCUT2D eigenvalue weighted by Gasteiger charge is 2.19. The topological polar surface area (TPSA) is 78.9 Å².